The Hall–Kier alpha value is -2.36. The van der Waals surface area contributed by atoms with E-state index in [1.165, 1.54) is 0 Å². The van der Waals surface area contributed by atoms with Crippen molar-refractivity contribution in [2.75, 3.05) is 16.8 Å². The number of fused-ring (bicyclic) bond motifs is 1. The highest BCUT2D eigenvalue weighted by Crippen LogP contribution is 2.44. The number of rotatable bonds is 4. The third kappa shape index (κ3) is 4.35. The first kappa shape index (κ1) is 21.9. The fourth-order valence-corrected chi connectivity index (χ4v) is 6.15. The first-order valence-electron chi connectivity index (χ1n) is 10.5. The number of ketones is 1. The van der Waals surface area contributed by atoms with Gasteiger partial charge in [0.25, 0.3) is 5.91 Å². The van der Waals surface area contributed by atoms with Gasteiger partial charge in [0.05, 0.1) is 28.2 Å². The van der Waals surface area contributed by atoms with Crippen LogP contribution in [0.25, 0.3) is 5.69 Å². The third-order valence-corrected chi connectivity index (χ3v) is 7.96. The Bertz CT molecular complexity index is 1050. The lowest BCUT2D eigenvalue weighted by molar-refractivity contribution is 0.0909. The average molecular weight is 447 g/mol. The minimum Gasteiger partial charge on any atom is -0.381 e. The molecular formula is C22H30N4O4S. The van der Waals surface area contributed by atoms with Gasteiger partial charge >= 0.3 is 0 Å². The molecule has 1 aliphatic heterocycles. The SMILES string of the molecule is Cc1nn(-c2ccc(C(N)=O)c(NC3CCS(O)(O)CC3)c2)c2c1C(=O)CC(C)(C)C2. The largest absolute Gasteiger partial charge is 0.381 e. The number of hydrogen-bond donors (Lipinski definition) is 4. The summed E-state index contributed by atoms with van der Waals surface area (Å²) in [5.74, 6) is 0.269. The van der Waals surface area contributed by atoms with E-state index < -0.39 is 16.5 Å². The normalized spacial score (nSPS) is 21.4. The molecule has 0 spiro atoms. The minimum atomic E-state index is -2.49. The molecule has 0 atom stereocenters. The molecule has 5 N–H and O–H groups in total. The number of nitrogens with two attached hydrogens (primary N) is 1. The lowest BCUT2D eigenvalue weighted by Crippen LogP contribution is -2.31. The number of amides is 1. The number of Topliss-reactive ketones (excluding diaryl/α,β-unsaturated/α-hetero) is 1. The molecule has 1 saturated heterocycles. The number of anilines is 1. The van der Waals surface area contributed by atoms with E-state index in [4.69, 9.17) is 5.73 Å². The van der Waals surface area contributed by atoms with Crippen molar-refractivity contribution in [1.82, 2.24) is 9.78 Å². The molecule has 31 heavy (non-hydrogen) atoms. The predicted octanol–water partition coefficient (Wildman–Crippen LogP) is 3.76. The van der Waals surface area contributed by atoms with Gasteiger partial charge in [0.15, 0.2) is 5.78 Å². The van der Waals surface area contributed by atoms with E-state index in [-0.39, 0.29) is 17.2 Å². The molecular weight excluding hydrogens is 416 g/mol. The quantitative estimate of drug-likeness (QED) is 0.566. The number of nitrogens with one attached hydrogen (secondary N) is 1. The van der Waals surface area contributed by atoms with Crippen LogP contribution in [0, 0.1) is 12.3 Å². The van der Waals surface area contributed by atoms with Gasteiger partial charge in [0, 0.05) is 29.7 Å². The zero-order valence-corrected chi connectivity index (χ0v) is 19.0. The Balaban J connectivity index is 1.71. The summed E-state index contributed by atoms with van der Waals surface area (Å²) in [5, 5.41) is 8.02. The number of nitrogens with zero attached hydrogens (tertiary/aromatic N) is 2. The molecule has 0 radical (unpaired) electrons. The number of aromatic nitrogens is 2. The smallest absolute Gasteiger partial charge is 0.250 e. The van der Waals surface area contributed by atoms with Crippen molar-refractivity contribution < 1.29 is 18.7 Å². The second kappa shape index (κ2) is 7.65. The van der Waals surface area contributed by atoms with Gasteiger partial charge in [0.1, 0.15) is 0 Å². The highest BCUT2D eigenvalue weighted by molar-refractivity contribution is 8.24. The van der Waals surface area contributed by atoms with Crippen molar-refractivity contribution in [3.8, 4) is 5.69 Å². The van der Waals surface area contributed by atoms with Crippen LogP contribution in [-0.2, 0) is 6.42 Å². The zero-order chi connectivity index (χ0) is 22.6. The van der Waals surface area contributed by atoms with Crippen LogP contribution >= 0.6 is 10.6 Å². The molecule has 1 fully saturated rings. The predicted molar refractivity (Wildman–Crippen MR) is 122 cm³/mol. The summed E-state index contributed by atoms with van der Waals surface area (Å²) < 4.78 is 21.5. The molecule has 2 heterocycles. The summed E-state index contributed by atoms with van der Waals surface area (Å²) in [5.41, 5.74) is 9.47. The molecule has 8 nitrogen and oxygen atoms in total. The van der Waals surface area contributed by atoms with Gasteiger partial charge < -0.3 is 11.1 Å². The Kier molecular flexibility index (Phi) is 5.39. The second-order valence-electron chi connectivity index (χ2n) is 9.48. The van der Waals surface area contributed by atoms with Crippen LogP contribution < -0.4 is 11.1 Å². The van der Waals surface area contributed by atoms with Gasteiger partial charge in [0.2, 0.25) is 0 Å². The fraction of sp³-hybridized carbons (Fsp3) is 0.500. The van der Waals surface area contributed by atoms with Crippen LogP contribution in [0.5, 0.6) is 0 Å². The molecule has 2 aliphatic rings. The summed E-state index contributed by atoms with van der Waals surface area (Å²) >= 11 is 0. The van der Waals surface area contributed by atoms with Gasteiger partial charge in [-0.1, -0.05) is 13.8 Å². The highest BCUT2D eigenvalue weighted by atomic mass is 32.3. The number of primary amides is 1. The molecule has 0 unspecified atom stereocenters. The van der Waals surface area contributed by atoms with Crippen molar-refractivity contribution in [1.29, 1.82) is 0 Å². The average Bonchev–Trinajstić information content (AvgIpc) is 2.98. The maximum Gasteiger partial charge on any atom is 0.250 e. The molecule has 9 heteroatoms. The van der Waals surface area contributed by atoms with Crippen molar-refractivity contribution >= 4 is 28.0 Å². The number of aryl methyl sites for hydroxylation is 1. The molecule has 2 aromatic rings. The van der Waals surface area contributed by atoms with Crippen LogP contribution in [0.1, 0.15) is 65.2 Å². The molecule has 1 aromatic carbocycles. The van der Waals surface area contributed by atoms with E-state index in [1.807, 2.05) is 13.0 Å². The highest BCUT2D eigenvalue weighted by Gasteiger charge is 2.36. The Labute approximate surface area is 183 Å². The lowest BCUT2D eigenvalue weighted by Gasteiger charge is -2.39. The van der Waals surface area contributed by atoms with Crippen LogP contribution in [0.4, 0.5) is 5.69 Å². The molecule has 0 bridgehead atoms. The van der Waals surface area contributed by atoms with E-state index in [1.54, 1.807) is 16.8 Å². The Morgan fingerprint density at radius 3 is 2.58 bits per heavy atom. The summed E-state index contributed by atoms with van der Waals surface area (Å²) in [6, 6.07) is 5.32. The van der Waals surface area contributed by atoms with E-state index >= 15 is 0 Å². The summed E-state index contributed by atoms with van der Waals surface area (Å²) in [4.78, 5) is 24.7. The summed E-state index contributed by atoms with van der Waals surface area (Å²) in [6.45, 7) is 6.01. The van der Waals surface area contributed by atoms with E-state index in [0.29, 0.717) is 53.3 Å². The summed E-state index contributed by atoms with van der Waals surface area (Å²) in [7, 11) is -2.49. The molecule has 4 rings (SSSR count). The van der Waals surface area contributed by atoms with Crippen molar-refractivity contribution in [3.05, 3.63) is 40.7 Å². The maximum absolute atomic E-state index is 12.7. The topological polar surface area (TPSA) is 130 Å². The first-order valence-corrected chi connectivity index (χ1v) is 12.4. The van der Waals surface area contributed by atoms with Gasteiger partial charge in [-0.25, -0.2) is 4.68 Å². The van der Waals surface area contributed by atoms with E-state index in [9.17, 15) is 18.7 Å². The number of carbonyl (C=O) groups is 2. The zero-order valence-electron chi connectivity index (χ0n) is 18.1. The molecule has 168 valence electrons. The van der Waals surface area contributed by atoms with Gasteiger partial charge in [-0.05, 0) is 49.8 Å². The maximum atomic E-state index is 12.7. The first-order chi connectivity index (χ1) is 14.5. The van der Waals surface area contributed by atoms with Crippen LogP contribution in [0.15, 0.2) is 18.2 Å². The Morgan fingerprint density at radius 2 is 1.94 bits per heavy atom. The van der Waals surface area contributed by atoms with Gasteiger partial charge in [-0.15, -0.1) is 0 Å². The standard InChI is InChI=1S/C22H30N4O4S/c1-13-20-18(11-22(2,3)12-19(20)27)26(25-13)15-4-5-16(21(23)28)17(10-15)24-14-6-8-31(29,30)9-7-14/h4-5,10,14,24,29-30H,6-9,11-12H2,1-3H3,(H2,23,28). The molecule has 1 amide bonds. The van der Waals surface area contributed by atoms with E-state index in [2.05, 4.69) is 24.3 Å². The lowest BCUT2D eigenvalue weighted by atomic mass is 9.75. The molecule has 1 aromatic heterocycles. The van der Waals surface area contributed by atoms with Crippen LogP contribution in [-0.4, -0.2) is 48.1 Å². The fourth-order valence-electron chi connectivity index (χ4n) is 4.62. The molecule has 1 aliphatic carbocycles. The molecule has 0 saturated carbocycles. The van der Waals surface area contributed by atoms with E-state index in [0.717, 1.165) is 17.8 Å². The summed E-state index contributed by atoms with van der Waals surface area (Å²) in [6.07, 6.45) is 2.43. The van der Waals surface area contributed by atoms with Gasteiger partial charge in [-0.3, -0.25) is 18.7 Å². The van der Waals surface area contributed by atoms with Crippen molar-refractivity contribution in [2.45, 2.75) is 52.5 Å². The number of hydrogen-bond acceptors (Lipinski definition) is 6. The Morgan fingerprint density at radius 1 is 1.26 bits per heavy atom. The van der Waals surface area contributed by atoms with Crippen molar-refractivity contribution in [3.63, 3.8) is 0 Å². The number of carbonyl (C=O) groups excluding carboxylic acids is 2. The van der Waals surface area contributed by atoms with Crippen LogP contribution in [0.2, 0.25) is 0 Å². The van der Waals surface area contributed by atoms with Gasteiger partial charge in [-0.2, -0.15) is 15.7 Å². The second-order valence-corrected chi connectivity index (χ2v) is 11.9. The van der Waals surface area contributed by atoms with Crippen LogP contribution in [0.3, 0.4) is 0 Å². The number of benzene rings is 1. The minimum absolute atomic E-state index is 0.0158. The van der Waals surface area contributed by atoms with Crippen molar-refractivity contribution in [2.24, 2.45) is 11.1 Å². The monoisotopic (exact) mass is 446 g/mol. The third-order valence-electron chi connectivity index (χ3n) is 6.18.